The van der Waals surface area contributed by atoms with Gasteiger partial charge >= 0.3 is 5.97 Å². The fraction of sp³-hybridized carbons (Fsp3) is 0.174. The van der Waals surface area contributed by atoms with Crippen LogP contribution in [0.2, 0.25) is 10.0 Å². The lowest BCUT2D eigenvalue weighted by molar-refractivity contribution is -0.384. The van der Waals surface area contributed by atoms with Crippen molar-refractivity contribution in [2.24, 2.45) is 4.99 Å². The van der Waals surface area contributed by atoms with Gasteiger partial charge in [-0.15, -0.1) is 0 Å². The van der Waals surface area contributed by atoms with E-state index in [-0.39, 0.29) is 43.8 Å². The van der Waals surface area contributed by atoms with Crippen molar-refractivity contribution in [1.82, 2.24) is 4.57 Å². The summed E-state index contributed by atoms with van der Waals surface area (Å²) < 4.78 is 6.74. The monoisotopic (exact) mass is 533 g/mol. The first-order valence-corrected chi connectivity index (χ1v) is 11.8. The third kappa shape index (κ3) is 4.60. The Labute approximate surface area is 212 Å². The molecule has 1 N–H and O–H groups in total. The normalized spacial score (nSPS) is 15.5. The molecule has 2 aromatic carbocycles. The highest BCUT2D eigenvalue weighted by molar-refractivity contribution is 7.07. The molecule has 180 valence electrons. The van der Waals surface area contributed by atoms with Crippen LogP contribution in [-0.2, 0) is 9.53 Å². The van der Waals surface area contributed by atoms with Crippen molar-refractivity contribution in [3.8, 4) is 5.75 Å². The fourth-order valence-electron chi connectivity index (χ4n) is 3.67. The number of hydrogen-bond acceptors (Lipinski definition) is 8. The number of ether oxygens (including phenoxy) is 1. The molecular formula is C23H17Cl2N3O6S. The van der Waals surface area contributed by atoms with Crippen molar-refractivity contribution in [3.63, 3.8) is 0 Å². The van der Waals surface area contributed by atoms with Gasteiger partial charge in [0.25, 0.3) is 11.2 Å². The van der Waals surface area contributed by atoms with E-state index in [0.717, 1.165) is 11.3 Å². The molecule has 0 amide bonds. The molecule has 9 nitrogen and oxygen atoms in total. The third-order valence-electron chi connectivity index (χ3n) is 5.30. The number of aromatic hydroxyl groups is 1. The molecule has 35 heavy (non-hydrogen) atoms. The molecule has 2 heterocycles. The molecule has 1 aliphatic heterocycles. The van der Waals surface area contributed by atoms with Gasteiger partial charge in [-0.2, -0.15) is 0 Å². The summed E-state index contributed by atoms with van der Waals surface area (Å²) in [6, 6.07) is 7.68. The van der Waals surface area contributed by atoms with Gasteiger partial charge in [0, 0.05) is 28.4 Å². The fourth-order valence-corrected chi connectivity index (χ4v) is 5.21. The second kappa shape index (κ2) is 9.65. The van der Waals surface area contributed by atoms with Crippen molar-refractivity contribution >= 4 is 58.0 Å². The van der Waals surface area contributed by atoms with Crippen LogP contribution in [0.15, 0.2) is 51.8 Å². The summed E-state index contributed by atoms with van der Waals surface area (Å²) in [6.07, 6.45) is 1.44. The zero-order valence-corrected chi connectivity index (χ0v) is 20.6. The van der Waals surface area contributed by atoms with Gasteiger partial charge in [-0.1, -0.05) is 34.5 Å². The maximum absolute atomic E-state index is 13.3. The number of esters is 1. The molecule has 1 aromatic heterocycles. The molecule has 4 rings (SSSR count). The van der Waals surface area contributed by atoms with E-state index in [9.17, 15) is 24.8 Å². The Bertz CT molecular complexity index is 1570. The Kier molecular flexibility index (Phi) is 6.79. The molecule has 0 saturated carbocycles. The molecule has 0 aliphatic carbocycles. The highest BCUT2D eigenvalue weighted by Gasteiger charge is 2.31. The molecule has 0 saturated heterocycles. The number of halogens is 2. The summed E-state index contributed by atoms with van der Waals surface area (Å²) >= 11 is 13.1. The van der Waals surface area contributed by atoms with Crippen molar-refractivity contribution in [2.75, 3.05) is 6.61 Å². The average Bonchev–Trinajstić information content (AvgIpc) is 3.12. The van der Waals surface area contributed by atoms with Crippen molar-refractivity contribution < 1.29 is 19.6 Å². The summed E-state index contributed by atoms with van der Waals surface area (Å²) in [7, 11) is 0. The van der Waals surface area contributed by atoms with Crippen LogP contribution < -0.4 is 14.9 Å². The van der Waals surface area contributed by atoms with Crippen LogP contribution in [0.25, 0.3) is 11.8 Å². The lowest BCUT2D eigenvalue weighted by Crippen LogP contribution is -2.35. The van der Waals surface area contributed by atoms with Gasteiger partial charge in [0.05, 0.1) is 26.7 Å². The number of thiazole rings is 1. The number of carbonyl (C=O) groups excluding carboxylic acids is 1. The average molecular weight is 534 g/mol. The molecule has 1 aliphatic rings. The van der Waals surface area contributed by atoms with Crippen molar-refractivity contribution in [2.45, 2.75) is 19.9 Å². The number of nitrogens with zero attached hydrogens (tertiary/aromatic N) is 3. The molecule has 0 unspecified atom stereocenters. The van der Waals surface area contributed by atoms with E-state index in [0.29, 0.717) is 16.1 Å². The number of carbonyl (C=O) groups is 1. The standard InChI is InChI=1S/C23H17Cl2N3O6S/c1-3-34-22(31)18-11(2)27-21(30)17(9-13-8-14(24)10-16(25)20(13)29)35-23(27)26-19(18)12-4-6-15(7-5-12)28(32)33/h4-10,19,29H,3H2,1-2H3/b17-9-/t19-/m0/s1. The van der Waals surface area contributed by atoms with E-state index >= 15 is 0 Å². The second-order valence-corrected chi connectivity index (χ2v) is 9.31. The number of fused-ring (bicyclic) bond motifs is 1. The molecule has 3 aromatic rings. The first-order valence-electron chi connectivity index (χ1n) is 10.2. The zero-order valence-electron chi connectivity index (χ0n) is 18.3. The van der Waals surface area contributed by atoms with Crippen LogP contribution in [-0.4, -0.2) is 27.2 Å². The van der Waals surface area contributed by atoms with Crippen molar-refractivity contribution in [1.29, 1.82) is 0 Å². The number of hydrogen-bond donors (Lipinski definition) is 1. The molecule has 0 spiro atoms. The lowest BCUT2D eigenvalue weighted by Gasteiger charge is -2.22. The third-order valence-corrected chi connectivity index (χ3v) is 6.79. The number of non-ortho nitro benzene ring substituents is 1. The number of nitro groups is 1. The van der Waals surface area contributed by atoms with E-state index in [4.69, 9.17) is 27.9 Å². The van der Waals surface area contributed by atoms with Gasteiger partial charge in [0.1, 0.15) is 11.8 Å². The number of phenolic OH excluding ortho intramolecular Hbond substituents is 1. The minimum Gasteiger partial charge on any atom is -0.506 e. The van der Waals surface area contributed by atoms with Crippen molar-refractivity contribution in [3.05, 3.63) is 92.9 Å². The number of phenols is 1. The summed E-state index contributed by atoms with van der Waals surface area (Å²) in [5, 5.41) is 21.6. The Morgan fingerprint density at radius 1 is 1.31 bits per heavy atom. The highest BCUT2D eigenvalue weighted by atomic mass is 35.5. The number of nitro benzene ring substituents is 1. The Morgan fingerprint density at radius 3 is 2.63 bits per heavy atom. The smallest absolute Gasteiger partial charge is 0.338 e. The van der Waals surface area contributed by atoms with E-state index in [1.165, 1.54) is 47.0 Å². The molecule has 0 fully saturated rings. The van der Waals surface area contributed by atoms with Crippen LogP contribution in [0.5, 0.6) is 5.75 Å². The Balaban J connectivity index is 1.95. The minimum atomic E-state index is -0.838. The van der Waals surface area contributed by atoms with E-state index in [2.05, 4.69) is 4.99 Å². The highest BCUT2D eigenvalue weighted by Crippen LogP contribution is 2.34. The predicted molar refractivity (Wildman–Crippen MR) is 132 cm³/mol. The van der Waals surface area contributed by atoms with Gasteiger partial charge in [-0.3, -0.25) is 19.5 Å². The Morgan fingerprint density at radius 2 is 2.00 bits per heavy atom. The van der Waals surface area contributed by atoms with Gasteiger partial charge in [0.15, 0.2) is 4.80 Å². The largest absolute Gasteiger partial charge is 0.506 e. The van der Waals surface area contributed by atoms with Crippen LogP contribution in [0, 0.1) is 10.1 Å². The van der Waals surface area contributed by atoms with E-state index in [1.807, 2.05) is 0 Å². The maximum atomic E-state index is 13.3. The Hall–Kier alpha value is -3.47. The predicted octanol–water partition coefficient (Wildman–Crippen LogP) is 3.83. The molecule has 1 atom stereocenters. The molecule has 12 heteroatoms. The van der Waals surface area contributed by atoms with Gasteiger partial charge < -0.3 is 9.84 Å². The topological polar surface area (TPSA) is 124 Å². The van der Waals surface area contributed by atoms with Gasteiger partial charge in [0.2, 0.25) is 0 Å². The van der Waals surface area contributed by atoms with E-state index in [1.54, 1.807) is 13.8 Å². The molecule has 0 bridgehead atoms. The number of rotatable bonds is 5. The summed E-state index contributed by atoms with van der Waals surface area (Å²) in [4.78, 5) is 41.6. The number of allylic oxidation sites excluding steroid dienone is 1. The first-order chi connectivity index (χ1) is 16.6. The first kappa shape index (κ1) is 24.6. The van der Waals surface area contributed by atoms with Crippen LogP contribution in [0.1, 0.15) is 31.0 Å². The van der Waals surface area contributed by atoms with Gasteiger partial charge in [-0.25, -0.2) is 9.79 Å². The lowest BCUT2D eigenvalue weighted by atomic mass is 9.96. The number of benzene rings is 2. The van der Waals surface area contributed by atoms with Gasteiger partial charge in [-0.05, 0) is 49.8 Å². The SMILES string of the molecule is CCOC(=O)C1=C(C)n2c(s/c(=C\c3cc(Cl)cc(Cl)c3O)c2=O)=N[C@H]1c1ccc([N+](=O)[O-])cc1. The second-order valence-electron chi connectivity index (χ2n) is 7.46. The molecule has 0 radical (unpaired) electrons. The summed E-state index contributed by atoms with van der Waals surface area (Å²) in [5.41, 5.74) is 0.686. The van der Waals surface area contributed by atoms with Crippen LogP contribution >= 0.6 is 34.5 Å². The summed E-state index contributed by atoms with van der Waals surface area (Å²) in [5.74, 6) is -0.877. The number of aromatic nitrogens is 1. The minimum absolute atomic E-state index is 0.0359. The van der Waals surface area contributed by atoms with Crippen LogP contribution in [0.3, 0.4) is 0 Å². The molecular weight excluding hydrogens is 517 g/mol. The maximum Gasteiger partial charge on any atom is 0.338 e. The quantitative estimate of drug-likeness (QED) is 0.302. The van der Waals surface area contributed by atoms with Crippen LogP contribution in [0.4, 0.5) is 5.69 Å². The van der Waals surface area contributed by atoms with E-state index < -0.39 is 22.5 Å². The summed E-state index contributed by atoms with van der Waals surface area (Å²) in [6.45, 7) is 3.38. The zero-order chi connectivity index (χ0) is 25.4.